The number of amides is 1. The molecule has 2 aromatic rings. The highest BCUT2D eigenvalue weighted by molar-refractivity contribution is 7.13. The zero-order chi connectivity index (χ0) is 17.8. The summed E-state index contributed by atoms with van der Waals surface area (Å²) in [5.41, 5.74) is 0.585. The van der Waals surface area contributed by atoms with Gasteiger partial charge in [0.1, 0.15) is 0 Å². The average molecular weight is 399 g/mol. The van der Waals surface area contributed by atoms with E-state index in [1.807, 2.05) is 18.5 Å². The molecule has 1 unspecified atom stereocenters. The monoisotopic (exact) mass is 398 g/mol. The fourth-order valence-corrected chi connectivity index (χ4v) is 4.03. The van der Waals surface area contributed by atoms with Crippen LogP contribution in [0.4, 0.5) is 10.8 Å². The van der Waals surface area contributed by atoms with E-state index in [4.69, 9.17) is 23.2 Å². The van der Waals surface area contributed by atoms with Crippen molar-refractivity contribution < 1.29 is 4.79 Å². The zero-order valence-electron chi connectivity index (χ0n) is 13.9. The number of rotatable bonds is 4. The standard InChI is InChI=1S/C17H20Cl2N4OS/c1-12(16(24)21-15-4-3-13(18)11-14(15)19)22-6-2-7-23(9-8-22)17-20-5-10-25-17/h3-5,10-12H,2,6-9H2,1H3,(H,21,24). The number of nitrogens with one attached hydrogen (secondary N) is 1. The highest BCUT2D eigenvalue weighted by Crippen LogP contribution is 2.26. The van der Waals surface area contributed by atoms with Gasteiger partial charge < -0.3 is 10.2 Å². The van der Waals surface area contributed by atoms with E-state index in [-0.39, 0.29) is 11.9 Å². The minimum atomic E-state index is -0.233. The van der Waals surface area contributed by atoms with Crippen molar-refractivity contribution in [2.75, 3.05) is 36.4 Å². The predicted octanol–water partition coefficient (Wildman–Crippen LogP) is 3.99. The Labute approximate surface area is 161 Å². The maximum absolute atomic E-state index is 12.6. The first-order chi connectivity index (χ1) is 12.0. The number of hydrogen-bond donors (Lipinski definition) is 1. The predicted molar refractivity (Wildman–Crippen MR) is 105 cm³/mol. The summed E-state index contributed by atoms with van der Waals surface area (Å²) in [6.07, 6.45) is 2.83. The van der Waals surface area contributed by atoms with E-state index in [9.17, 15) is 4.79 Å². The molecule has 1 amide bonds. The molecule has 25 heavy (non-hydrogen) atoms. The smallest absolute Gasteiger partial charge is 0.241 e. The molecular formula is C17H20Cl2N4OS. The summed E-state index contributed by atoms with van der Waals surface area (Å²) >= 11 is 13.7. The van der Waals surface area contributed by atoms with Gasteiger partial charge in [-0.1, -0.05) is 23.2 Å². The first-order valence-corrected chi connectivity index (χ1v) is 9.82. The lowest BCUT2D eigenvalue weighted by Crippen LogP contribution is -2.44. The molecule has 3 rings (SSSR count). The summed E-state index contributed by atoms with van der Waals surface area (Å²) in [5, 5.41) is 6.93. The number of carbonyl (C=O) groups excluding carboxylic acids is 1. The van der Waals surface area contributed by atoms with Gasteiger partial charge in [-0.15, -0.1) is 11.3 Å². The summed E-state index contributed by atoms with van der Waals surface area (Å²) in [6.45, 7) is 5.46. The minimum Gasteiger partial charge on any atom is -0.347 e. The van der Waals surface area contributed by atoms with Crippen LogP contribution in [-0.2, 0) is 4.79 Å². The molecule has 1 N–H and O–H groups in total. The number of halogens is 2. The topological polar surface area (TPSA) is 48.5 Å². The summed E-state index contributed by atoms with van der Waals surface area (Å²) in [6, 6.07) is 4.83. The van der Waals surface area contributed by atoms with Crippen LogP contribution >= 0.6 is 34.5 Å². The van der Waals surface area contributed by atoms with Gasteiger partial charge in [0.15, 0.2) is 5.13 Å². The van der Waals surface area contributed by atoms with Gasteiger partial charge >= 0.3 is 0 Å². The molecule has 1 aliphatic heterocycles. The molecule has 2 heterocycles. The first kappa shape index (κ1) is 18.5. The van der Waals surface area contributed by atoms with E-state index in [0.717, 1.165) is 37.7 Å². The fraction of sp³-hybridized carbons (Fsp3) is 0.412. The zero-order valence-corrected chi connectivity index (χ0v) is 16.2. The lowest BCUT2D eigenvalue weighted by Gasteiger charge is -2.27. The lowest BCUT2D eigenvalue weighted by molar-refractivity contribution is -0.120. The highest BCUT2D eigenvalue weighted by atomic mass is 35.5. The van der Waals surface area contributed by atoms with Gasteiger partial charge in [0.05, 0.1) is 16.8 Å². The molecule has 0 spiro atoms. The first-order valence-electron chi connectivity index (χ1n) is 8.19. The van der Waals surface area contributed by atoms with Gasteiger partial charge in [0, 0.05) is 42.8 Å². The van der Waals surface area contributed by atoms with Gasteiger partial charge in [-0.2, -0.15) is 0 Å². The number of carbonyl (C=O) groups is 1. The molecule has 1 aliphatic rings. The molecule has 1 saturated heterocycles. The second-order valence-corrected chi connectivity index (χ2v) is 7.70. The van der Waals surface area contributed by atoms with Crippen LogP contribution in [0.3, 0.4) is 0 Å². The number of thiazole rings is 1. The number of anilines is 2. The molecule has 0 saturated carbocycles. The van der Waals surface area contributed by atoms with Crippen LogP contribution in [0.2, 0.25) is 10.0 Å². The number of benzene rings is 1. The van der Waals surface area contributed by atoms with E-state index in [2.05, 4.69) is 20.1 Å². The average Bonchev–Trinajstić information content (AvgIpc) is 3.01. The van der Waals surface area contributed by atoms with Gasteiger partial charge in [0.25, 0.3) is 0 Å². The van der Waals surface area contributed by atoms with Crippen LogP contribution in [0.1, 0.15) is 13.3 Å². The molecule has 0 radical (unpaired) electrons. The lowest BCUT2D eigenvalue weighted by atomic mass is 10.2. The van der Waals surface area contributed by atoms with Gasteiger partial charge in [0.2, 0.25) is 5.91 Å². The van der Waals surface area contributed by atoms with Crippen LogP contribution in [0.25, 0.3) is 0 Å². The summed E-state index contributed by atoms with van der Waals surface area (Å²) < 4.78 is 0. The summed E-state index contributed by atoms with van der Waals surface area (Å²) in [4.78, 5) is 21.5. The number of hydrogen-bond acceptors (Lipinski definition) is 5. The second-order valence-electron chi connectivity index (χ2n) is 5.98. The van der Waals surface area contributed by atoms with Crippen LogP contribution < -0.4 is 10.2 Å². The third-order valence-corrected chi connectivity index (χ3v) is 5.72. The Kier molecular flexibility index (Phi) is 6.17. The van der Waals surface area contributed by atoms with Crippen molar-refractivity contribution in [3.8, 4) is 0 Å². The summed E-state index contributed by atoms with van der Waals surface area (Å²) in [7, 11) is 0. The fourth-order valence-electron chi connectivity index (χ4n) is 2.88. The Morgan fingerprint density at radius 3 is 2.84 bits per heavy atom. The Morgan fingerprint density at radius 1 is 1.28 bits per heavy atom. The minimum absolute atomic E-state index is 0.0630. The van der Waals surface area contributed by atoms with E-state index >= 15 is 0 Å². The number of nitrogens with zero attached hydrogens (tertiary/aromatic N) is 3. The molecule has 5 nitrogen and oxygen atoms in total. The van der Waals surface area contributed by atoms with Gasteiger partial charge in [-0.3, -0.25) is 9.69 Å². The second kappa shape index (κ2) is 8.36. The third kappa shape index (κ3) is 4.64. The van der Waals surface area contributed by atoms with Crippen LogP contribution in [0.5, 0.6) is 0 Å². The van der Waals surface area contributed by atoms with E-state index in [0.29, 0.717) is 15.7 Å². The maximum atomic E-state index is 12.6. The van der Waals surface area contributed by atoms with Crippen molar-refractivity contribution in [1.29, 1.82) is 0 Å². The van der Waals surface area contributed by atoms with Crippen molar-refractivity contribution in [3.05, 3.63) is 39.8 Å². The molecule has 1 atom stereocenters. The molecule has 1 aromatic carbocycles. The summed E-state index contributed by atoms with van der Waals surface area (Å²) in [5.74, 6) is -0.0630. The van der Waals surface area contributed by atoms with Gasteiger partial charge in [-0.25, -0.2) is 4.98 Å². The van der Waals surface area contributed by atoms with Gasteiger partial charge in [-0.05, 0) is 31.5 Å². The Balaban J connectivity index is 1.60. The Bertz CT molecular complexity index is 725. The maximum Gasteiger partial charge on any atom is 0.241 e. The van der Waals surface area contributed by atoms with Crippen molar-refractivity contribution in [2.45, 2.75) is 19.4 Å². The molecule has 134 valence electrons. The highest BCUT2D eigenvalue weighted by Gasteiger charge is 2.25. The Morgan fingerprint density at radius 2 is 2.12 bits per heavy atom. The van der Waals surface area contributed by atoms with Crippen LogP contribution in [0.15, 0.2) is 29.8 Å². The molecule has 1 fully saturated rings. The normalized spacial score (nSPS) is 17.2. The van der Waals surface area contributed by atoms with Crippen LogP contribution in [-0.4, -0.2) is 48.0 Å². The quantitative estimate of drug-likeness (QED) is 0.845. The van der Waals surface area contributed by atoms with Crippen molar-refractivity contribution in [3.63, 3.8) is 0 Å². The Hall–Kier alpha value is -1.34. The van der Waals surface area contributed by atoms with Crippen molar-refractivity contribution >= 4 is 51.3 Å². The SMILES string of the molecule is CC(C(=O)Nc1ccc(Cl)cc1Cl)N1CCCN(c2nccs2)CC1. The molecule has 0 bridgehead atoms. The molecule has 8 heteroatoms. The largest absolute Gasteiger partial charge is 0.347 e. The number of aromatic nitrogens is 1. The van der Waals surface area contributed by atoms with E-state index in [1.165, 1.54) is 0 Å². The molecule has 0 aliphatic carbocycles. The van der Waals surface area contributed by atoms with E-state index in [1.54, 1.807) is 29.5 Å². The van der Waals surface area contributed by atoms with Crippen LogP contribution in [0, 0.1) is 0 Å². The van der Waals surface area contributed by atoms with E-state index < -0.39 is 0 Å². The molecule has 1 aromatic heterocycles. The van der Waals surface area contributed by atoms with Crippen molar-refractivity contribution in [1.82, 2.24) is 9.88 Å². The third-order valence-electron chi connectivity index (χ3n) is 4.34. The van der Waals surface area contributed by atoms with Crippen molar-refractivity contribution in [2.24, 2.45) is 0 Å². The molecular weight excluding hydrogens is 379 g/mol.